The Morgan fingerprint density at radius 1 is 1.36 bits per heavy atom. The van der Waals surface area contributed by atoms with Crippen molar-refractivity contribution in [3.05, 3.63) is 45.6 Å². The molecule has 11 heavy (non-hydrogen) atoms. The highest BCUT2D eigenvalue weighted by atomic mass is 127. The molecule has 1 aromatic carbocycles. The van der Waals surface area contributed by atoms with Crippen LogP contribution in [0.4, 0.5) is 0 Å². The zero-order chi connectivity index (χ0) is 8.10. The minimum absolute atomic E-state index is 1.05. The second-order valence-corrected chi connectivity index (χ2v) is 3.53. The van der Waals surface area contributed by atoms with Gasteiger partial charge in [-0.3, -0.25) is 0 Å². The van der Waals surface area contributed by atoms with Crippen LogP contribution in [-0.2, 0) is 6.42 Å². The summed E-state index contributed by atoms with van der Waals surface area (Å²) in [6, 6.07) is 8.46. The number of halogens is 1. The minimum Gasteiger partial charge on any atom is -0.0913 e. The molecule has 0 aliphatic carbocycles. The Labute approximate surface area is 81.5 Å². The van der Waals surface area contributed by atoms with Crippen LogP contribution in [0.5, 0.6) is 0 Å². The molecule has 58 valence electrons. The molecule has 0 heterocycles. The lowest BCUT2D eigenvalue weighted by Crippen LogP contribution is -1.84. The van der Waals surface area contributed by atoms with E-state index in [0.29, 0.717) is 0 Å². The summed E-state index contributed by atoms with van der Waals surface area (Å²) in [5.74, 6) is 0. The van der Waals surface area contributed by atoms with E-state index in [0.717, 1.165) is 6.42 Å². The third-order valence-electron chi connectivity index (χ3n) is 1.53. The van der Waals surface area contributed by atoms with E-state index in [1.807, 2.05) is 0 Å². The van der Waals surface area contributed by atoms with E-state index in [4.69, 9.17) is 0 Å². The van der Waals surface area contributed by atoms with Crippen molar-refractivity contribution < 1.29 is 0 Å². The summed E-state index contributed by atoms with van der Waals surface area (Å²) in [5.41, 5.74) is 1.41. The van der Waals surface area contributed by atoms with E-state index in [1.165, 1.54) is 9.13 Å². The lowest BCUT2D eigenvalue weighted by atomic mass is 10.1. The molecule has 0 amide bonds. The molecule has 1 rings (SSSR count). The third kappa shape index (κ3) is 2.66. The summed E-state index contributed by atoms with van der Waals surface area (Å²) in [5, 5.41) is 0. The molecule has 0 saturated carbocycles. The van der Waals surface area contributed by atoms with Crippen LogP contribution >= 0.6 is 22.6 Å². The number of rotatable bonds is 2. The van der Waals surface area contributed by atoms with Crippen molar-refractivity contribution in [3.63, 3.8) is 0 Å². The van der Waals surface area contributed by atoms with Gasteiger partial charge in [0.2, 0.25) is 0 Å². The maximum atomic E-state index is 2.37. The molecular formula is C10H11I. The third-order valence-corrected chi connectivity index (χ3v) is 2.58. The molecule has 0 aromatic heterocycles. The van der Waals surface area contributed by atoms with E-state index >= 15 is 0 Å². The molecule has 0 bridgehead atoms. The number of benzene rings is 1. The molecule has 0 fully saturated rings. The van der Waals surface area contributed by atoms with Gasteiger partial charge in [0.25, 0.3) is 0 Å². The normalized spacial score (nSPS) is 10.7. The van der Waals surface area contributed by atoms with E-state index in [2.05, 4.69) is 65.9 Å². The van der Waals surface area contributed by atoms with Gasteiger partial charge in [-0.25, -0.2) is 0 Å². The number of allylic oxidation sites excluding steroid dienone is 2. The van der Waals surface area contributed by atoms with E-state index in [-0.39, 0.29) is 0 Å². The van der Waals surface area contributed by atoms with Gasteiger partial charge in [0.1, 0.15) is 0 Å². The summed E-state index contributed by atoms with van der Waals surface area (Å²) >= 11 is 2.37. The molecular weight excluding hydrogens is 247 g/mol. The number of hydrogen-bond donors (Lipinski definition) is 0. The summed E-state index contributed by atoms with van der Waals surface area (Å²) in [6.07, 6.45) is 5.32. The molecule has 0 nitrogen and oxygen atoms in total. The van der Waals surface area contributed by atoms with Gasteiger partial charge in [0.05, 0.1) is 0 Å². The topological polar surface area (TPSA) is 0 Å². The quantitative estimate of drug-likeness (QED) is 0.563. The van der Waals surface area contributed by atoms with Gasteiger partial charge in [0.15, 0.2) is 0 Å². The van der Waals surface area contributed by atoms with Gasteiger partial charge in [-0.2, -0.15) is 0 Å². The molecule has 0 atom stereocenters. The van der Waals surface area contributed by atoms with Crippen molar-refractivity contribution in [2.45, 2.75) is 13.3 Å². The first-order valence-corrected chi connectivity index (χ1v) is 4.77. The Kier molecular flexibility index (Phi) is 3.63. The molecule has 0 N–H and O–H groups in total. The molecule has 0 radical (unpaired) electrons. The van der Waals surface area contributed by atoms with Crippen LogP contribution in [0.15, 0.2) is 36.4 Å². The molecule has 1 aromatic rings. The second kappa shape index (κ2) is 4.54. The Bertz CT molecular complexity index is 251. The van der Waals surface area contributed by atoms with Gasteiger partial charge >= 0.3 is 0 Å². The zero-order valence-electron chi connectivity index (χ0n) is 6.55. The van der Waals surface area contributed by atoms with E-state index < -0.39 is 0 Å². The van der Waals surface area contributed by atoms with Gasteiger partial charge in [-0.15, -0.1) is 0 Å². The average Bonchev–Trinajstić information content (AvgIpc) is 2.03. The smallest absolute Gasteiger partial charge is 0.0165 e. The minimum atomic E-state index is 1.05. The maximum Gasteiger partial charge on any atom is 0.0165 e. The number of hydrogen-bond acceptors (Lipinski definition) is 0. The summed E-state index contributed by atoms with van der Waals surface area (Å²) in [7, 11) is 0. The average molecular weight is 258 g/mol. The van der Waals surface area contributed by atoms with Crippen LogP contribution in [0.3, 0.4) is 0 Å². The Balaban J connectivity index is 2.77. The fourth-order valence-corrected chi connectivity index (χ4v) is 1.52. The van der Waals surface area contributed by atoms with E-state index in [1.54, 1.807) is 0 Å². The SMILES string of the molecule is CC=CCc1ccccc1I. The summed E-state index contributed by atoms with van der Waals surface area (Å²) in [6.45, 7) is 2.05. The van der Waals surface area contributed by atoms with Gasteiger partial charge in [-0.05, 0) is 47.6 Å². The van der Waals surface area contributed by atoms with Gasteiger partial charge < -0.3 is 0 Å². The highest BCUT2D eigenvalue weighted by Crippen LogP contribution is 2.11. The second-order valence-electron chi connectivity index (χ2n) is 2.36. The largest absolute Gasteiger partial charge is 0.0913 e. The van der Waals surface area contributed by atoms with Crippen LogP contribution in [0.2, 0.25) is 0 Å². The monoisotopic (exact) mass is 258 g/mol. The predicted molar refractivity (Wildman–Crippen MR) is 57.7 cm³/mol. The first kappa shape index (κ1) is 8.78. The van der Waals surface area contributed by atoms with Crippen molar-refractivity contribution in [2.24, 2.45) is 0 Å². The van der Waals surface area contributed by atoms with Gasteiger partial charge in [-0.1, -0.05) is 30.4 Å². The predicted octanol–water partition coefficient (Wildman–Crippen LogP) is 3.41. The van der Waals surface area contributed by atoms with Crippen LogP contribution in [-0.4, -0.2) is 0 Å². The Morgan fingerprint density at radius 3 is 2.73 bits per heavy atom. The molecule has 0 aliphatic rings. The summed E-state index contributed by atoms with van der Waals surface area (Å²) in [4.78, 5) is 0. The van der Waals surface area contributed by atoms with Crippen LogP contribution in [0.1, 0.15) is 12.5 Å². The highest BCUT2D eigenvalue weighted by molar-refractivity contribution is 14.1. The van der Waals surface area contributed by atoms with Crippen LogP contribution < -0.4 is 0 Å². The first-order valence-electron chi connectivity index (χ1n) is 3.69. The lowest BCUT2D eigenvalue weighted by molar-refractivity contribution is 1.24. The van der Waals surface area contributed by atoms with Crippen molar-refractivity contribution in [3.8, 4) is 0 Å². The van der Waals surface area contributed by atoms with Crippen molar-refractivity contribution >= 4 is 22.6 Å². The van der Waals surface area contributed by atoms with Crippen LogP contribution in [0, 0.1) is 3.57 Å². The van der Waals surface area contributed by atoms with Crippen molar-refractivity contribution in [1.82, 2.24) is 0 Å². The Hall–Kier alpha value is -0.310. The molecule has 0 saturated heterocycles. The molecule has 1 heteroatoms. The Morgan fingerprint density at radius 2 is 2.09 bits per heavy atom. The maximum absolute atomic E-state index is 2.37. The highest BCUT2D eigenvalue weighted by Gasteiger charge is 1.93. The van der Waals surface area contributed by atoms with E-state index in [9.17, 15) is 0 Å². The standard InChI is InChI=1S/C10H11I/c1-2-3-6-9-7-4-5-8-10(9)11/h2-5,7-8H,6H2,1H3. The fraction of sp³-hybridized carbons (Fsp3) is 0.200. The van der Waals surface area contributed by atoms with Crippen molar-refractivity contribution in [2.75, 3.05) is 0 Å². The van der Waals surface area contributed by atoms with Gasteiger partial charge in [0, 0.05) is 3.57 Å². The van der Waals surface area contributed by atoms with Crippen LogP contribution in [0.25, 0.3) is 0 Å². The summed E-state index contributed by atoms with van der Waals surface area (Å²) < 4.78 is 1.35. The molecule has 0 aliphatic heterocycles. The zero-order valence-corrected chi connectivity index (χ0v) is 8.71. The van der Waals surface area contributed by atoms with Crippen molar-refractivity contribution in [1.29, 1.82) is 0 Å². The first-order chi connectivity index (χ1) is 5.34. The fourth-order valence-electron chi connectivity index (χ4n) is 0.909. The molecule has 0 unspecified atom stereocenters. The lowest BCUT2D eigenvalue weighted by Gasteiger charge is -1.98. The molecule has 0 spiro atoms.